The number of nitrogens with one attached hydrogen (secondary N) is 1. The molecule has 1 aromatic rings. The van der Waals surface area contributed by atoms with Crippen molar-refractivity contribution in [3.8, 4) is 5.75 Å². The summed E-state index contributed by atoms with van der Waals surface area (Å²) in [5.74, 6) is 1.94. The smallest absolute Gasteiger partial charge is 0.251 e. The predicted octanol–water partition coefficient (Wildman–Crippen LogP) is 1.66. The van der Waals surface area contributed by atoms with Crippen LogP contribution in [0.2, 0.25) is 0 Å². The van der Waals surface area contributed by atoms with Gasteiger partial charge >= 0.3 is 0 Å². The van der Waals surface area contributed by atoms with Crippen LogP contribution in [0.3, 0.4) is 0 Å². The third-order valence-electron chi connectivity index (χ3n) is 5.20. The van der Waals surface area contributed by atoms with Gasteiger partial charge in [0.15, 0.2) is 5.96 Å². The molecule has 0 aliphatic carbocycles. The number of hydrogen-bond donors (Lipinski definition) is 1. The third kappa shape index (κ3) is 5.61. The lowest BCUT2D eigenvalue weighted by atomic mass is 10.2. The van der Waals surface area contributed by atoms with Crippen molar-refractivity contribution in [1.82, 2.24) is 15.1 Å². The molecule has 0 aromatic heterocycles. The minimum atomic E-state index is -0.225. The van der Waals surface area contributed by atoms with Crippen LogP contribution in [-0.4, -0.2) is 80.8 Å². The molecule has 1 amide bonds. The van der Waals surface area contributed by atoms with E-state index in [-0.39, 0.29) is 12.0 Å². The Morgan fingerprint density at radius 2 is 1.93 bits per heavy atom. The van der Waals surface area contributed by atoms with Gasteiger partial charge in [0.25, 0.3) is 5.91 Å². The lowest BCUT2D eigenvalue weighted by molar-refractivity contribution is -0.142. The summed E-state index contributed by atoms with van der Waals surface area (Å²) in [6.45, 7) is 7.25. The first-order valence-electron chi connectivity index (χ1n) is 10.2. The molecule has 2 aliphatic heterocycles. The fourth-order valence-electron chi connectivity index (χ4n) is 3.54. The van der Waals surface area contributed by atoms with Crippen molar-refractivity contribution >= 4 is 11.9 Å². The van der Waals surface area contributed by atoms with E-state index in [4.69, 9.17) is 9.47 Å². The average molecular weight is 389 g/mol. The summed E-state index contributed by atoms with van der Waals surface area (Å²) in [5.41, 5.74) is 1.23. The number of hydrogen-bond acceptors (Lipinski definition) is 4. The van der Waals surface area contributed by atoms with Crippen LogP contribution in [-0.2, 0) is 9.53 Å². The third-order valence-corrected chi connectivity index (χ3v) is 5.20. The van der Waals surface area contributed by atoms with Crippen molar-refractivity contribution in [2.75, 3.05) is 53.0 Å². The molecule has 1 N–H and O–H groups in total. The Balaban J connectivity index is 1.34. The quantitative estimate of drug-likeness (QED) is 0.456. The van der Waals surface area contributed by atoms with E-state index in [9.17, 15) is 4.79 Å². The van der Waals surface area contributed by atoms with Crippen molar-refractivity contribution in [2.24, 2.45) is 4.99 Å². The highest BCUT2D eigenvalue weighted by atomic mass is 16.5. The summed E-state index contributed by atoms with van der Waals surface area (Å²) >= 11 is 0. The molecule has 2 aliphatic rings. The van der Waals surface area contributed by atoms with E-state index < -0.39 is 0 Å². The Morgan fingerprint density at radius 3 is 2.57 bits per heavy atom. The second-order valence-corrected chi connectivity index (χ2v) is 7.30. The molecular weight excluding hydrogens is 356 g/mol. The summed E-state index contributed by atoms with van der Waals surface area (Å²) in [6.07, 6.45) is 2.51. The maximum Gasteiger partial charge on any atom is 0.251 e. The van der Waals surface area contributed by atoms with Crippen LogP contribution in [0.1, 0.15) is 24.8 Å². The van der Waals surface area contributed by atoms with Crippen LogP contribution >= 0.6 is 0 Å². The minimum Gasteiger partial charge on any atom is -0.494 e. The first-order chi connectivity index (χ1) is 13.7. The van der Waals surface area contributed by atoms with Crippen molar-refractivity contribution in [3.63, 3.8) is 0 Å². The highest BCUT2D eigenvalue weighted by Crippen LogP contribution is 2.16. The number of benzene rings is 1. The van der Waals surface area contributed by atoms with Gasteiger partial charge in [-0.25, -0.2) is 0 Å². The van der Waals surface area contributed by atoms with Crippen LogP contribution in [0.25, 0.3) is 0 Å². The normalized spacial score (nSPS) is 20.4. The van der Waals surface area contributed by atoms with Gasteiger partial charge in [-0.1, -0.05) is 17.7 Å². The number of guanidine groups is 1. The van der Waals surface area contributed by atoms with Gasteiger partial charge in [-0.15, -0.1) is 0 Å². The molecule has 3 rings (SSSR count). The standard InChI is InChI=1S/C21H32N4O3/c1-17-6-8-18(9-7-17)27-16-4-10-23-21(22-2)25-13-11-24(12-14-25)20(26)19-5-3-15-28-19/h6-9,19H,3-5,10-16H2,1-2H3,(H,22,23). The van der Waals surface area contributed by atoms with Gasteiger partial charge in [0.1, 0.15) is 11.9 Å². The molecule has 1 atom stereocenters. The Bertz CT molecular complexity index is 648. The van der Waals surface area contributed by atoms with Gasteiger partial charge < -0.3 is 24.6 Å². The minimum absolute atomic E-state index is 0.147. The first-order valence-corrected chi connectivity index (χ1v) is 10.2. The Labute approximate surface area is 167 Å². The molecule has 0 saturated carbocycles. The molecule has 0 bridgehead atoms. The molecule has 2 fully saturated rings. The number of nitrogens with zero attached hydrogens (tertiary/aromatic N) is 3. The average Bonchev–Trinajstić information content (AvgIpc) is 3.27. The number of aryl methyl sites for hydroxylation is 1. The molecule has 2 saturated heterocycles. The molecule has 0 radical (unpaired) electrons. The van der Waals surface area contributed by atoms with Gasteiger partial charge in [-0.05, 0) is 38.3 Å². The molecule has 2 heterocycles. The molecule has 1 aromatic carbocycles. The first kappa shape index (κ1) is 20.5. The van der Waals surface area contributed by atoms with Gasteiger partial charge in [0.2, 0.25) is 0 Å². The second-order valence-electron chi connectivity index (χ2n) is 7.30. The molecule has 7 heteroatoms. The van der Waals surface area contributed by atoms with E-state index in [1.165, 1.54) is 5.56 Å². The number of ether oxygens (including phenoxy) is 2. The van der Waals surface area contributed by atoms with Crippen LogP contribution in [0, 0.1) is 6.92 Å². The van der Waals surface area contributed by atoms with E-state index in [1.54, 1.807) is 7.05 Å². The summed E-state index contributed by atoms with van der Waals surface area (Å²) in [6, 6.07) is 8.11. The Morgan fingerprint density at radius 1 is 1.21 bits per heavy atom. The Kier molecular flexibility index (Phi) is 7.54. The number of rotatable bonds is 6. The van der Waals surface area contributed by atoms with Gasteiger partial charge in [-0.2, -0.15) is 0 Å². The van der Waals surface area contributed by atoms with Crippen molar-refractivity contribution in [1.29, 1.82) is 0 Å². The van der Waals surface area contributed by atoms with E-state index >= 15 is 0 Å². The zero-order valence-corrected chi connectivity index (χ0v) is 17.0. The molecule has 28 heavy (non-hydrogen) atoms. The lowest BCUT2D eigenvalue weighted by Gasteiger charge is -2.37. The summed E-state index contributed by atoms with van der Waals surface area (Å²) < 4.78 is 11.3. The molecule has 7 nitrogen and oxygen atoms in total. The van der Waals surface area contributed by atoms with E-state index in [2.05, 4.69) is 34.3 Å². The van der Waals surface area contributed by atoms with Crippen molar-refractivity contribution in [3.05, 3.63) is 29.8 Å². The highest BCUT2D eigenvalue weighted by Gasteiger charge is 2.30. The number of carbonyl (C=O) groups is 1. The van der Waals surface area contributed by atoms with Crippen LogP contribution < -0.4 is 10.1 Å². The second kappa shape index (κ2) is 10.3. The summed E-state index contributed by atoms with van der Waals surface area (Å²) in [7, 11) is 1.80. The largest absolute Gasteiger partial charge is 0.494 e. The molecule has 0 spiro atoms. The van der Waals surface area contributed by atoms with Gasteiger partial charge in [0, 0.05) is 46.4 Å². The zero-order chi connectivity index (χ0) is 19.8. The number of aliphatic imine (C=N–C) groups is 1. The Hall–Kier alpha value is -2.28. The zero-order valence-electron chi connectivity index (χ0n) is 17.0. The molecule has 1 unspecified atom stereocenters. The van der Waals surface area contributed by atoms with Crippen molar-refractivity contribution < 1.29 is 14.3 Å². The van der Waals surface area contributed by atoms with Crippen molar-refractivity contribution in [2.45, 2.75) is 32.3 Å². The van der Waals surface area contributed by atoms with Gasteiger partial charge in [-0.3, -0.25) is 9.79 Å². The van der Waals surface area contributed by atoms with E-state index in [0.29, 0.717) is 13.2 Å². The van der Waals surface area contributed by atoms with E-state index in [1.807, 2.05) is 17.0 Å². The number of amides is 1. The van der Waals surface area contributed by atoms with E-state index in [0.717, 1.165) is 63.7 Å². The monoisotopic (exact) mass is 388 g/mol. The predicted molar refractivity (Wildman–Crippen MR) is 110 cm³/mol. The SMILES string of the molecule is CN=C(NCCCOc1ccc(C)cc1)N1CCN(C(=O)C2CCCO2)CC1. The maximum atomic E-state index is 12.4. The topological polar surface area (TPSA) is 66.4 Å². The van der Waals surface area contributed by atoms with Crippen LogP contribution in [0.15, 0.2) is 29.3 Å². The highest BCUT2D eigenvalue weighted by molar-refractivity contribution is 5.82. The lowest BCUT2D eigenvalue weighted by Crippen LogP contribution is -2.55. The molecular formula is C21H32N4O3. The van der Waals surface area contributed by atoms with Gasteiger partial charge in [0.05, 0.1) is 6.61 Å². The fraction of sp³-hybridized carbons (Fsp3) is 0.619. The van der Waals surface area contributed by atoms with Crippen LogP contribution in [0.5, 0.6) is 5.75 Å². The summed E-state index contributed by atoms with van der Waals surface area (Å²) in [4.78, 5) is 21.0. The number of piperazine rings is 1. The molecule has 154 valence electrons. The fourth-order valence-corrected chi connectivity index (χ4v) is 3.54. The number of carbonyl (C=O) groups excluding carboxylic acids is 1. The summed E-state index contributed by atoms with van der Waals surface area (Å²) in [5, 5.41) is 3.40. The maximum absolute atomic E-state index is 12.4. The van der Waals surface area contributed by atoms with Crippen LogP contribution in [0.4, 0.5) is 0 Å².